The molecule has 2 aliphatic rings. The number of nitrogens with zero attached hydrogens (tertiary/aromatic N) is 2. The third-order valence-electron chi connectivity index (χ3n) is 3.30. The van der Waals surface area contributed by atoms with Crippen LogP contribution in [0.1, 0.15) is 19.3 Å². The van der Waals surface area contributed by atoms with Gasteiger partial charge in [0.1, 0.15) is 5.84 Å². The van der Waals surface area contributed by atoms with Crippen molar-refractivity contribution in [1.29, 1.82) is 0 Å². The van der Waals surface area contributed by atoms with Gasteiger partial charge < -0.3 is 15.8 Å². The lowest BCUT2D eigenvalue weighted by Gasteiger charge is -2.27. The van der Waals surface area contributed by atoms with Crippen molar-refractivity contribution in [3.05, 3.63) is 0 Å². The molecule has 78 valence electrons. The molecule has 1 saturated heterocycles. The van der Waals surface area contributed by atoms with Crippen LogP contribution in [0.25, 0.3) is 0 Å². The number of carbonyl (C=O) groups excluding carboxylic acids is 1. The van der Waals surface area contributed by atoms with Crippen molar-refractivity contribution in [2.45, 2.75) is 19.3 Å². The highest BCUT2D eigenvalue weighted by atomic mass is 16.4. The molecule has 0 aromatic rings. The van der Waals surface area contributed by atoms with Gasteiger partial charge in [0.15, 0.2) is 0 Å². The second kappa shape index (κ2) is 3.48. The Balaban J connectivity index is 1.87. The monoisotopic (exact) mass is 197 g/mol. The minimum absolute atomic E-state index is 0.00533. The number of amidine groups is 1. The molecule has 0 radical (unpaired) electrons. The van der Waals surface area contributed by atoms with E-state index in [1.807, 2.05) is 4.90 Å². The topological polar surface area (TPSA) is 78.9 Å². The van der Waals surface area contributed by atoms with Gasteiger partial charge in [-0.2, -0.15) is 0 Å². The van der Waals surface area contributed by atoms with Gasteiger partial charge in [0, 0.05) is 13.1 Å². The number of carbonyl (C=O) groups is 1. The van der Waals surface area contributed by atoms with E-state index in [0.29, 0.717) is 11.8 Å². The van der Waals surface area contributed by atoms with E-state index in [4.69, 9.17) is 10.9 Å². The molecule has 1 aliphatic heterocycles. The summed E-state index contributed by atoms with van der Waals surface area (Å²) in [6.45, 7) is 1.73. The number of amides is 1. The summed E-state index contributed by atoms with van der Waals surface area (Å²) in [5.74, 6) is 1.40. The highest BCUT2D eigenvalue weighted by Crippen LogP contribution is 2.40. The predicted octanol–water partition coefficient (Wildman–Crippen LogP) is -0.00870. The van der Waals surface area contributed by atoms with Crippen LogP contribution in [0.4, 0.5) is 0 Å². The number of likely N-dealkylation sites (tertiary alicyclic amines) is 1. The maximum Gasteiger partial charge on any atom is 0.230 e. The highest BCUT2D eigenvalue weighted by molar-refractivity contribution is 5.98. The first-order chi connectivity index (χ1) is 6.70. The van der Waals surface area contributed by atoms with Crippen molar-refractivity contribution >= 4 is 11.7 Å². The molecule has 14 heavy (non-hydrogen) atoms. The summed E-state index contributed by atoms with van der Waals surface area (Å²) in [5, 5.41) is 11.1. The molecular formula is C9H15N3O2. The Kier molecular flexibility index (Phi) is 2.31. The van der Waals surface area contributed by atoms with Crippen LogP contribution in [0.3, 0.4) is 0 Å². The molecule has 3 N–H and O–H groups in total. The lowest BCUT2D eigenvalue weighted by Crippen LogP contribution is -2.32. The van der Waals surface area contributed by atoms with Crippen LogP contribution in [-0.4, -0.2) is 34.9 Å². The fourth-order valence-electron chi connectivity index (χ4n) is 2.27. The molecule has 2 rings (SSSR count). The van der Waals surface area contributed by atoms with Gasteiger partial charge >= 0.3 is 0 Å². The van der Waals surface area contributed by atoms with Crippen LogP contribution >= 0.6 is 0 Å². The highest BCUT2D eigenvalue weighted by Gasteiger charge is 2.40. The Hall–Kier alpha value is -1.26. The van der Waals surface area contributed by atoms with Crippen molar-refractivity contribution in [3.8, 4) is 0 Å². The molecule has 0 bridgehead atoms. The van der Waals surface area contributed by atoms with Crippen LogP contribution < -0.4 is 5.73 Å². The molecule has 5 nitrogen and oxygen atoms in total. The average Bonchev–Trinajstić information content (AvgIpc) is 2.42. The van der Waals surface area contributed by atoms with E-state index in [0.717, 1.165) is 13.1 Å². The third kappa shape index (κ3) is 1.54. The number of hydrogen-bond donors (Lipinski definition) is 2. The van der Waals surface area contributed by atoms with E-state index >= 15 is 0 Å². The van der Waals surface area contributed by atoms with Crippen molar-refractivity contribution < 1.29 is 10.0 Å². The van der Waals surface area contributed by atoms with Gasteiger partial charge in [0.2, 0.25) is 5.91 Å². The van der Waals surface area contributed by atoms with Gasteiger partial charge in [-0.3, -0.25) is 4.79 Å². The van der Waals surface area contributed by atoms with E-state index in [2.05, 4.69) is 5.16 Å². The van der Waals surface area contributed by atoms with Crippen LogP contribution in [-0.2, 0) is 4.79 Å². The van der Waals surface area contributed by atoms with Gasteiger partial charge in [0.25, 0.3) is 0 Å². The number of nitrogens with two attached hydrogens (primary N) is 1. The zero-order chi connectivity index (χ0) is 10.1. The van der Waals surface area contributed by atoms with E-state index in [1.54, 1.807) is 0 Å². The average molecular weight is 197 g/mol. The van der Waals surface area contributed by atoms with Crippen LogP contribution in [0, 0.1) is 11.8 Å². The molecule has 5 heteroatoms. The van der Waals surface area contributed by atoms with E-state index < -0.39 is 0 Å². The van der Waals surface area contributed by atoms with Crippen molar-refractivity contribution in [2.75, 3.05) is 13.1 Å². The molecular weight excluding hydrogens is 182 g/mol. The molecule has 1 aliphatic carbocycles. The standard InChI is InChI=1S/C9H15N3O2/c10-8(11-14)3-9(13)12-4-6-1-2-7(6)5-12/h6-7,14H,1-5H2,(H2,10,11). The minimum atomic E-state index is -0.0188. The molecule has 2 atom stereocenters. The minimum Gasteiger partial charge on any atom is -0.409 e. The zero-order valence-corrected chi connectivity index (χ0v) is 8.02. The molecule has 2 unspecified atom stereocenters. The molecule has 2 fully saturated rings. The Morgan fingerprint density at radius 3 is 2.43 bits per heavy atom. The summed E-state index contributed by atoms with van der Waals surface area (Å²) in [7, 11) is 0. The SMILES string of the molecule is N/C(CC(=O)N1CC2CCC2C1)=N\O. The first kappa shape index (κ1) is 9.30. The first-order valence-electron chi connectivity index (χ1n) is 4.95. The van der Waals surface area contributed by atoms with Gasteiger partial charge in [-0.15, -0.1) is 0 Å². The van der Waals surface area contributed by atoms with Crippen molar-refractivity contribution in [1.82, 2.24) is 4.90 Å². The van der Waals surface area contributed by atoms with Crippen molar-refractivity contribution in [2.24, 2.45) is 22.7 Å². The summed E-state index contributed by atoms with van der Waals surface area (Å²) in [6.07, 6.45) is 2.53. The Morgan fingerprint density at radius 2 is 2.00 bits per heavy atom. The summed E-state index contributed by atoms with van der Waals surface area (Å²) in [4.78, 5) is 13.4. The summed E-state index contributed by atoms with van der Waals surface area (Å²) in [6, 6.07) is 0. The zero-order valence-electron chi connectivity index (χ0n) is 8.02. The largest absolute Gasteiger partial charge is 0.409 e. The molecule has 0 spiro atoms. The normalized spacial score (nSPS) is 31.1. The fourth-order valence-corrected chi connectivity index (χ4v) is 2.27. The van der Waals surface area contributed by atoms with Crippen molar-refractivity contribution in [3.63, 3.8) is 0 Å². The molecule has 1 saturated carbocycles. The Bertz CT molecular complexity index is 265. The molecule has 1 amide bonds. The predicted molar refractivity (Wildman–Crippen MR) is 50.8 cm³/mol. The number of rotatable bonds is 2. The van der Waals surface area contributed by atoms with Gasteiger partial charge in [-0.05, 0) is 24.7 Å². The van der Waals surface area contributed by atoms with Gasteiger partial charge in [0.05, 0.1) is 6.42 Å². The number of oxime groups is 1. The quantitative estimate of drug-likeness (QED) is 0.283. The Morgan fingerprint density at radius 1 is 1.43 bits per heavy atom. The fraction of sp³-hybridized carbons (Fsp3) is 0.778. The van der Waals surface area contributed by atoms with E-state index in [1.165, 1.54) is 12.8 Å². The molecule has 1 heterocycles. The summed E-state index contributed by atoms with van der Waals surface area (Å²) < 4.78 is 0. The molecule has 0 aromatic heterocycles. The van der Waals surface area contributed by atoms with Gasteiger partial charge in [-0.25, -0.2) is 0 Å². The maximum atomic E-state index is 11.6. The van der Waals surface area contributed by atoms with Crippen LogP contribution in [0.2, 0.25) is 0 Å². The smallest absolute Gasteiger partial charge is 0.230 e. The second-order valence-electron chi connectivity index (χ2n) is 4.16. The first-order valence-corrected chi connectivity index (χ1v) is 4.95. The lowest BCUT2D eigenvalue weighted by molar-refractivity contribution is -0.129. The van der Waals surface area contributed by atoms with Gasteiger partial charge in [-0.1, -0.05) is 5.16 Å². The maximum absolute atomic E-state index is 11.6. The molecule has 0 aromatic carbocycles. The van der Waals surface area contributed by atoms with E-state index in [9.17, 15) is 4.79 Å². The lowest BCUT2D eigenvalue weighted by atomic mass is 9.77. The van der Waals surface area contributed by atoms with Crippen LogP contribution in [0.15, 0.2) is 5.16 Å². The number of hydrogen-bond acceptors (Lipinski definition) is 3. The van der Waals surface area contributed by atoms with E-state index in [-0.39, 0.29) is 18.2 Å². The number of fused-ring (bicyclic) bond motifs is 1. The summed E-state index contributed by atoms with van der Waals surface area (Å²) in [5.41, 5.74) is 5.28. The second-order valence-corrected chi connectivity index (χ2v) is 4.16. The summed E-state index contributed by atoms with van der Waals surface area (Å²) >= 11 is 0. The third-order valence-corrected chi connectivity index (χ3v) is 3.30. The Labute approximate surface area is 82.6 Å². The van der Waals surface area contributed by atoms with Crippen LogP contribution in [0.5, 0.6) is 0 Å².